The Balaban J connectivity index is 2.29. The number of benzene rings is 2. The molecule has 0 fully saturated rings. The van der Waals surface area contributed by atoms with Crippen LogP contribution < -0.4 is 4.72 Å². The lowest BCUT2D eigenvalue weighted by molar-refractivity contribution is 0.0469. The first-order valence-electron chi connectivity index (χ1n) is 8.11. The molecule has 0 heterocycles. The Hall–Kier alpha value is -1.38. The average Bonchev–Trinajstić information content (AvgIpc) is 2.59. The second-order valence-electron chi connectivity index (χ2n) is 6.28. The highest BCUT2D eigenvalue weighted by Gasteiger charge is 2.24. The predicted octanol–water partition coefficient (Wildman–Crippen LogP) is 5.08. The average molecular weight is 469 g/mol. The van der Waals surface area contributed by atoms with Gasteiger partial charge in [-0.3, -0.25) is 0 Å². The quantitative estimate of drug-likeness (QED) is 0.575. The Morgan fingerprint density at radius 1 is 1.14 bits per heavy atom. The van der Waals surface area contributed by atoms with Crippen molar-refractivity contribution in [2.75, 3.05) is 6.54 Å². The largest absolute Gasteiger partial charge is 0.457 e. The van der Waals surface area contributed by atoms with Gasteiger partial charge in [0, 0.05) is 12.1 Å². The first-order chi connectivity index (χ1) is 13.0. The van der Waals surface area contributed by atoms with E-state index in [2.05, 4.69) is 4.72 Å². The molecule has 28 heavy (non-hydrogen) atoms. The maximum Gasteiger partial charge on any atom is 0.340 e. The fourth-order valence-electron chi connectivity index (χ4n) is 2.13. The van der Waals surface area contributed by atoms with Crippen LogP contribution in [0.15, 0.2) is 35.2 Å². The van der Waals surface area contributed by atoms with Crippen molar-refractivity contribution in [2.24, 2.45) is 5.92 Å². The van der Waals surface area contributed by atoms with Gasteiger partial charge < -0.3 is 4.74 Å². The number of nitrogens with one attached hydrogen (secondary N) is 1. The van der Waals surface area contributed by atoms with Crippen LogP contribution in [0.1, 0.15) is 29.8 Å². The van der Waals surface area contributed by atoms with Crippen LogP contribution in [-0.4, -0.2) is 20.9 Å². The summed E-state index contributed by atoms with van der Waals surface area (Å²) in [6.07, 6.45) is 0. The SMILES string of the molecule is CC(C)CNS(=O)(=O)c1cc(C(=O)OCc2c(F)cccc2Cl)c(Cl)cc1Cl. The zero-order valence-corrected chi connectivity index (χ0v) is 18.0. The van der Waals surface area contributed by atoms with Gasteiger partial charge in [0.15, 0.2) is 0 Å². The minimum Gasteiger partial charge on any atom is -0.457 e. The summed E-state index contributed by atoms with van der Waals surface area (Å²) in [6.45, 7) is 3.41. The van der Waals surface area contributed by atoms with E-state index in [0.717, 1.165) is 12.1 Å². The topological polar surface area (TPSA) is 72.5 Å². The van der Waals surface area contributed by atoms with Gasteiger partial charge in [0.1, 0.15) is 17.3 Å². The molecule has 0 spiro atoms. The molecule has 0 saturated heterocycles. The highest BCUT2D eigenvalue weighted by atomic mass is 35.5. The Kier molecular flexibility index (Phi) is 7.70. The molecule has 0 aliphatic rings. The molecule has 2 rings (SSSR count). The van der Waals surface area contributed by atoms with Gasteiger partial charge in [0.25, 0.3) is 0 Å². The van der Waals surface area contributed by atoms with Gasteiger partial charge in [-0.25, -0.2) is 22.3 Å². The summed E-state index contributed by atoms with van der Waals surface area (Å²) in [5, 5.41) is -0.149. The number of halogens is 4. The number of sulfonamides is 1. The number of carbonyl (C=O) groups excluding carboxylic acids is 1. The minimum absolute atomic E-state index is 0.00551. The first-order valence-corrected chi connectivity index (χ1v) is 10.7. The maximum absolute atomic E-state index is 13.8. The normalized spacial score (nSPS) is 11.7. The number of hydrogen-bond donors (Lipinski definition) is 1. The fraction of sp³-hybridized carbons (Fsp3) is 0.278. The third-order valence-corrected chi connectivity index (χ3v) is 6.18. The summed E-state index contributed by atoms with van der Waals surface area (Å²) in [7, 11) is -3.97. The van der Waals surface area contributed by atoms with E-state index in [-0.39, 0.29) is 43.6 Å². The van der Waals surface area contributed by atoms with E-state index in [1.165, 1.54) is 18.2 Å². The molecule has 10 heteroatoms. The van der Waals surface area contributed by atoms with Gasteiger partial charge in [0.05, 0.1) is 20.6 Å². The van der Waals surface area contributed by atoms with Crippen LogP contribution in [0.25, 0.3) is 0 Å². The molecule has 2 aromatic carbocycles. The van der Waals surface area contributed by atoms with Crippen molar-refractivity contribution in [2.45, 2.75) is 25.3 Å². The molecule has 0 bridgehead atoms. The lowest BCUT2D eigenvalue weighted by Crippen LogP contribution is -2.28. The summed E-state index contributed by atoms with van der Waals surface area (Å²) in [6, 6.07) is 6.21. The molecule has 0 saturated carbocycles. The predicted molar refractivity (Wildman–Crippen MR) is 107 cm³/mol. The van der Waals surface area contributed by atoms with Gasteiger partial charge in [-0.15, -0.1) is 0 Å². The van der Waals surface area contributed by atoms with Gasteiger partial charge >= 0.3 is 5.97 Å². The van der Waals surface area contributed by atoms with E-state index in [0.29, 0.717) is 0 Å². The molecule has 0 amide bonds. The van der Waals surface area contributed by atoms with Crippen molar-refractivity contribution in [3.63, 3.8) is 0 Å². The summed E-state index contributed by atoms with van der Waals surface area (Å²) in [5.41, 5.74) is -0.225. The maximum atomic E-state index is 13.8. The Morgan fingerprint density at radius 3 is 2.43 bits per heavy atom. The minimum atomic E-state index is -3.97. The molecular formula is C18H17Cl3FNO4S. The summed E-state index contributed by atoms with van der Waals surface area (Å²) in [4.78, 5) is 12.1. The summed E-state index contributed by atoms with van der Waals surface area (Å²) < 4.78 is 46.2. The molecule has 0 atom stereocenters. The molecule has 0 aromatic heterocycles. The second-order valence-corrected chi connectivity index (χ2v) is 9.24. The summed E-state index contributed by atoms with van der Waals surface area (Å²) in [5.74, 6) is -1.51. The smallest absolute Gasteiger partial charge is 0.340 e. The van der Waals surface area contributed by atoms with Crippen molar-refractivity contribution >= 4 is 50.8 Å². The van der Waals surface area contributed by atoms with E-state index in [1.54, 1.807) is 0 Å². The molecule has 2 aromatic rings. The molecule has 1 N–H and O–H groups in total. The first kappa shape index (κ1) is 22.9. The number of esters is 1. The zero-order chi connectivity index (χ0) is 21.1. The highest BCUT2D eigenvalue weighted by molar-refractivity contribution is 7.89. The van der Waals surface area contributed by atoms with E-state index in [9.17, 15) is 17.6 Å². The number of rotatable bonds is 7. The Morgan fingerprint density at radius 2 is 1.82 bits per heavy atom. The standard InChI is InChI=1S/C18H17Cl3FNO4S/c1-10(2)8-23-28(25,26)17-6-11(14(20)7-15(17)21)18(24)27-9-12-13(19)4-3-5-16(12)22/h3-7,10,23H,8-9H2,1-2H3. The highest BCUT2D eigenvalue weighted by Crippen LogP contribution is 2.30. The summed E-state index contributed by atoms with van der Waals surface area (Å²) >= 11 is 17.9. The molecule has 152 valence electrons. The second kappa shape index (κ2) is 9.41. The van der Waals surface area contributed by atoms with E-state index >= 15 is 0 Å². The zero-order valence-electron chi connectivity index (χ0n) is 14.9. The van der Waals surface area contributed by atoms with Gasteiger partial charge in [0.2, 0.25) is 10.0 Å². The van der Waals surface area contributed by atoms with Gasteiger partial charge in [-0.05, 0) is 30.2 Å². The van der Waals surface area contributed by atoms with Crippen molar-refractivity contribution in [3.8, 4) is 0 Å². The molecule has 0 unspecified atom stereocenters. The lowest BCUT2D eigenvalue weighted by Gasteiger charge is -2.13. The third kappa shape index (κ3) is 5.58. The molecular weight excluding hydrogens is 452 g/mol. The molecule has 0 radical (unpaired) electrons. The molecule has 0 aliphatic heterocycles. The third-order valence-electron chi connectivity index (χ3n) is 3.62. The van der Waals surface area contributed by atoms with Crippen LogP contribution in [0.3, 0.4) is 0 Å². The Bertz CT molecular complexity index is 976. The van der Waals surface area contributed by atoms with Crippen LogP contribution in [0, 0.1) is 11.7 Å². The van der Waals surface area contributed by atoms with Crippen LogP contribution in [0.5, 0.6) is 0 Å². The van der Waals surface area contributed by atoms with E-state index < -0.39 is 28.4 Å². The number of ether oxygens (including phenoxy) is 1. The molecule has 0 aliphatic carbocycles. The van der Waals surface area contributed by atoms with Crippen molar-refractivity contribution in [1.82, 2.24) is 4.72 Å². The van der Waals surface area contributed by atoms with Crippen LogP contribution in [0.2, 0.25) is 15.1 Å². The number of hydrogen-bond acceptors (Lipinski definition) is 4. The van der Waals surface area contributed by atoms with Crippen molar-refractivity contribution in [3.05, 3.63) is 62.3 Å². The van der Waals surface area contributed by atoms with E-state index in [4.69, 9.17) is 39.5 Å². The molecule has 5 nitrogen and oxygen atoms in total. The Labute approximate surface area is 177 Å². The van der Waals surface area contributed by atoms with Crippen LogP contribution in [-0.2, 0) is 21.4 Å². The van der Waals surface area contributed by atoms with Gasteiger partial charge in [-0.1, -0.05) is 54.7 Å². The van der Waals surface area contributed by atoms with Crippen molar-refractivity contribution < 1.29 is 22.3 Å². The van der Waals surface area contributed by atoms with Crippen LogP contribution >= 0.6 is 34.8 Å². The fourth-order valence-corrected chi connectivity index (χ4v) is 4.41. The van der Waals surface area contributed by atoms with Gasteiger partial charge in [-0.2, -0.15) is 0 Å². The van der Waals surface area contributed by atoms with E-state index in [1.807, 2.05) is 13.8 Å². The number of carbonyl (C=O) groups is 1. The lowest BCUT2D eigenvalue weighted by atomic mass is 10.2. The van der Waals surface area contributed by atoms with Crippen molar-refractivity contribution in [1.29, 1.82) is 0 Å². The monoisotopic (exact) mass is 467 g/mol. The van der Waals surface area contributed by atoms with Crippen LogP contribution in [0.4, 0.5) is 4.39 Å².